The maximum atomic E-state index is 14.1. The van der Waals surface area contributed by atoms with E-state index in [1.807, 2.05) is 63.2 Å². The molecule has 1 amide bonds. The van der Waals surface area contributed by atoms with Crippen LogP contribution in [0.3, 0.4) is 0 Å². The number of ether oxygens (including phenoxy) is 2. The Hall–Kier alpha value is -2.88. The van der Waals surface area contributed by atoms with Gasteiger partial charge >= 0.3 is 11.9 Å². The number of rotatable bonds is 3. The lowest BCUT2D eigenvalue weighted by atomic mass is 9.82. The van der Waals surface area contributed by atoms with E-state index in [0.717, 1.165) is 40.2 Å². The Morgan fingerprint density at radius 3 is 1.92 bits per heavy atom. The minimum absolute atomic E-state index is 0.0326. The van der Waals surface area contributed by atoms with Gasteiger partial charge in [-0.1, -0.05) is 80.8 Å². The first kappa shape index (κ1) is 29.1. The van der Waals surface area contributed by atoms with Gasteiger partial charge in [0.2, 0.25) is 0 Å². The summed E-state index contributed by atoms with van der Waals surface area (Å²) in [4.78, 5) is 41.7. The Morgan fingerprint density at radius 1 is 0.897 bits per heavy atom. The highest BCUT2D eigenvalue weighted by atomic mass is 32.2. The van der Waals surface area contributed by atoms with Gasteiger partial charge in [-0.25, -0.2) is 9.59 Å². The summed E-state index contributed by atoms with van der Waals surface area (Å²) in [7, 11) is 2.54. The second-order valence-electron chi connectivity index (χ2n) is 10.9. The number of nitrogens with zero attached hydrogens (tertiary/aromatic N) is 1. The number of methoxy groups -OCH3 is 2. The Kier molecular flexibility index (Phi) is 7.91. The quantitative estimate of drug-likeness (QED) is 0.222. The fourth-order valence-electron chi connectivity index (χ4n) is 4.53. The van der Waals surface area contributed by atoms with Gasteiger partial charge in [0.05, 0.1) is 34.5 Å². The predicted octanol–water partition coefficient (Wildman–Crippen LogP) is 6.81. The number of amides is 1. The monoisotopic (exact) mass is 581 g/mol. The van der Waals surface area contributed by atoms with Gasteiger partial charge in [-0.15, -0.1) is 0 Å². The first-order valence-electron chi connectivity index (χ1n) is 12.3. The van der Waals surface area contributed by atoms with E-state index in [-0.39, 0.29) is 21.1 Å². The summed E-state index contributed by atoms with van der Waals surface area (Å²) in [5, 5.41) is 0. The van der Waals surface area contributed by atoms with Crippen LogP contribution >= 0.6 is 35.7 Å². The van der Waals surface area contributed by atoms with E-state index < -0.39 is 17.5 Å². The van der Waals surface area contributed by atoms with Gasteiger partial charge in [0.15, 0.2) is 0 Å². The molecule has 0 unspecified atom stereocenters. The summed E-state index contributed by atoms with van der Waals surface area (Å²) in [5.74, 6) is -1.40. The number of thiocarbonyl (C=S) groups is 1. The maximum absolute atomic E-state index is 14.1. The molecule has 2 aliphatic heterocycles. The summed E-state index contributed by atoms with van der Waals surface area (Å²) in [6.45, 7) is 12.2. The van der Waals surface area contributed by atoms with E-state index in [4.69, 9.17) is 21.7 Å². The molecule has 0 saturated carbocycles. The molecule has 2 aromatic carbocycles. The molecule has 4 rings (SSSR count). The number of aryl methyl sites for hydroxylation is 1. The topological polar surface area (TPSA) is 72.9 Å². The lowest BCUT2D eigenvalue weighted by Gasteiger charge is -2.45. The molecule has 6 nitrogen and oxygen atoms in total. The first-order valence-corrected chi connectivity index (χ1v) is 14.4. The highest BCUT2D eigenvalue weighted by Gasteiger charge is 2.46. The number of carbonyl (C=O) groups is 3. The lowest BCUT2D eigenvalue weighted by molar-refractivity contribution is -0.138. The second-order valence-corrected chi connectivity index (χ2v) is 13.6. The van der Waals surface area contributed by atoms with E-state index in [9.17, 15) is 14.4 Å². The van der Waals surface area contributed by atoms with Crippen molar-refractivity contribution in [3.05, 3.63) is 78.8 Å². The van der Waals surface area contributed by atoms with Crippen LogP contribution in [0.15, 0.2) is 56.5 Å². The van der Waals surface area contributed by atoms with Crippen molar-refractivity contribution >= 4 is 69.7 Å². The smallest absolute Gasteiger partial charge is 0.346 e. The fourth-order valence-corrected chi connectivity index (χ4v) is 7.57. The van der Waals surface area contributed by atoms with Crippen molar-refractivity contribution in [3.63, 3.8) is 0 Å². The number of fused-ring (bicyclic) bond motifs is 1. The fraction of sp³-hybridized carbons (Fsp3) is 0.333. The predicted molar refractivity (Wildman–Crippen MR) is 163 cm³/mol. The van der Waals surface area contributed by atoms with Crippen LogP contribution in [0.1, 0.15) is 61.7 Å². The number of benzene rings is 2. The average Bonchev–Trinajstić information content (AvgIpc) is 3.33. The third kappa shape index (κ3) is 5.19. The summed E-state index contributed by atoms with van der Waals surface area (Å²) >= 11 is 8.34. The highest BCUT2D eigenvalue weighted by Crippen LogP contribution is 2.56. The molecule has 204 valence electrons. The standard InChI is InChI=1S/C30H31NO5S3/c1-16-9-14-19-20(15-16)31(25(32)17-10-12-18(13-11-17)29(2,3)4)30(5,6)24(37)21(19)28-38-22(26(33)35-7)23(39-28)27(34)36-8/h9-15H,1-8H3. The normalized spacial score (nSPS) is 16.8. The molecule has 39 heavy (non-hydrogen) atoms. The molecule has 0 fully saturated rings. The van der Waals surface area contributed by atoms with Crippen LogP contribution in [-0.2, 0) is 24.5 Å². The van der Waals surface area contributed by atoms with Gasteiger partial charge in [0.1, 0.15) is 9.81 Å². The summed E-state index contributed by atoms with van der Waals surface area (Å²) < 4.78 is 10.5. The summed E-state index contributed by atoms with van der Waals surface area (Å²) in [5.41, 5.74) is 3.96. The van der Waals surface area contributed by atoms with Gasteiger partial charge in [0, 0.05) is 16.7 Å². The molecule has 0 N–H and O–H groups in total. The average molecular weight is 582 g/mol. The van der Waals surface area contributed by atoms with Crippen molar-refractivity contribution in [2.75, 3.05) is 19.1 Å². The van der Waals surface area contributed by atoms with Crippen molar-refractivity contribution in [1.82, 2.24) is 0 Å². The molecule has 9 heteroatoms. The van der Waals surface area contributed by atoms with Crippen molar-refractivity contribution in [2.24, 2.45) is 0 Å². The molecule has 0 spiro atoms. The van der Waals surface area contributed by atoms with Crippen LogP contribution in [0.4, 0.5) is 5.69 Å². The minimum Gasteiger partial charge on any atom is -0.465 e. The number of hydrogen-bond donors (Lipinski definition) is 0. The number of anilines is 1. The van der Waals surface area contributed by atoms with E-state index in [1.54, 1.807) is 4.90 Å². The van der Waals surface area contributed by atoms with E-state index in [1.165, 1.54) is 14.2 Å². The van der Waals surface area contributed by atoms with E-state index in [2.05, 4.69) is 20.8 Å². The molecule has 0 aliphatic carbocycles. The third-order valence-electron chi connectivity index (χ3n) is 6.75. The third-order valence-corrected chi connectivity index (χ3v) is 10.0. The zero-order chi connectivity index (χ0) is 28.9. The maximum Gasteiger partial charge on any atom is 0.346 e. The van der Waals surface area contributed by atoms with Crippen LogP contribution in [0, 0.1) is 6.92 Å². The Labute approximate surface area is 243 Å². The van der Waals surface area contributed by atoms with Crippen LogP contribution in [0.25, 0.3) is 5.57 Å². The minimum atomic E-state index is -0.890. The van der Waals surface area contributed by atoms with Crippen molar-refractivity contribution in [3.8, 4) is 0 Å². The second kappa shape index (κ2) is 10.6. The molecule has 0 atom stereocenters. The van der Waals surface area contributed by atoms with Crippen LogP contribution in [0.5, 0.6) is 0 Å². The lowest BCUT2D eigenvalue weighted by Crippen LogP contribution is -2.56. The zero-order valence-electron chi connectivity index (χ0n) is 23.3. The number of carbonyl (C=O) groups excluding carboxylic acids is 3. The zero-order valence-corrected chi connectivity index (χ0v) is 25.7. The molecule has 0 bridgehead atoms. The van der Waals surface area contributed by atoms with Crippen LogP contribution in [-0.4, -0.2) is 42.5 Å². The number of hydrogen-bond acceptors (Lipinski definition) is 8. The first-order chi connectivity index (χ1) is 18.2. The molecule has 0 aromatic heterocycles. The molecular weight excluding hydrogens is 551 g/mol. The SMILES string of the molecule is COC(=O)C1=C(C(=O)OC)SC(=C2C(=S)C(C)(C)N(C(=O)c3ccc(C(C)(C)C)cc3)c3cc(C)ccc32)S1. The van der Waals surface area contributed by atoms with E-state index >= 15 is 0 Å². The Morgan fingerprint density at radius 2 is 1.44 bits per heavy atom. The molecule has 2 heterocycles. The molecule has 0 radical (unpaired) electrons. The largest absolute Gasteiger partial charge is 0.465 e. The van der Waals surface area contributed by atoms with Gasteiger partial charge < -0.3 is 9.47 Å². The molecular formula is C30H31NO5S3. The summed E-state index contributed by atoms with van der Waals surface area (Å²) in [6, 6.07) is 13.6. The van der Waals surface area contributed by atoms with Crippen molar-refractivity contribution in [2.45, 2.75) is 52.5 Å². The van der Waals surface area contributed by atoms with Crippen molar-refractivity contribution in [1.29, 1.82) is 0 Å². The van der Waals surface area contributed by atoms with Crippen LogP contribution in [0.2, 0.25) is 0 Å². The Balaban J connectivity index is 1.87. The number of esters is 2. The molecule has 2 aromatic rings. The van der Waals surface area contributed by atoms with Gasteiger partial charge in [0.25, 0.3) is 5.91 Å². The van der Waals surface area contributed by atoms with Crippen LogP contribution < -0.4 is 4.90 Å². The van der Waals surface area contributed by atoms with Gasteiger partial charge in [-0.2, -0.15) is 0 Å². The highest BCUT2D eigenvalue weighted by molar-refractivity contribution is 8.29. The summed E-state index contributed by atoms with van der Waals surface area (Å²) in [6.07, 6.45) is 0. The van der Waals surface area contributed by atoms with Crippen molar-refractivity contribution < 1.29 is 23.9 Å². The molecule has 0 saturated heterocycles. The molecule has 2 aliphatic rings. The number of thioether (sulfide) groups is 2. The Bertz CT molecular complexity index is 1430. The van der Waals surface area contributed by atoms with E-state index in [0.29, 0.717) is 25.9 Å². The van der Waals surface area contributed by atoms with Gasteiger partial charge in [-0.3, -0.25) is 9.69 Å². The van der Waals surface area contributed by atoms with Gasteiger partial charge in [-0.05, 0) is 55.5 Å².